The minimum Gasteiger partial charge on any atom is -0.309 e. The number of thiophene rings is 1. The lowest BCUT2D eigenvalue weighted by atomic mass is 9.96. The first-order chi connectivity index (χ1) is 8.83. The summed E-state index contributed by atoms with van der Waals surface area (Å²) in [6.45, 7) is 9.53. The second-order valence-electron chi connectivity index (χ2n) is 5.26. The molecule has 2 heterocycles. The van der Waals surface area contributed by atoms with E-state index in [1.54, 1.807) is 0 Å². The first kappa shape index (κ1) is 14.0. The van der Waals surface area contributed by atoms with Crippen LogP contribution in [0.1, 0.15) is 44.0 Å². The second kappa shape index (κ2) is 7.27. The quantitative estimate of drug-likeness (QED) is 0.847. The summed E-state index contributed by atoms with van der Waals surface area (Å²) in [4.78, 5) is 4.05. The average Bonchev–Trinajstić information content (AvgIpc) is 2.94. The third-order valence-corrected chi connectivity index (χ3v) is 5.09. The van der Waals surface area contributed by atoms with Gasteiger partial charge in [-0.3, -0.25) is 0 Å². The minimum absolute atomic E-state index is 0.564. The van der Waals surface area contributed by atoms with Gasteiger partial charge < -0.3 is 10.2 Å². The lowest BCUT2D eigenvalue weighted by molar-refractivity contribution is 0.187. The van der Waals surface area contributed by atoms with E-state index in [0.29, 0.717) is 6.04 Å². The van der Waals surface area contributed by atoms with Crippen molar-refractivity contribution in [2.45, 2.75) is 39.2 Å². The summed E-state index contributed by atoms with van der Waals surface area (Å²) < 4.78 is 0. The SMILES string of the molecule is CCC(NCC1CCN(CC)CC1)c1cccs1. The zero-order valence-electron chi connectivity index (χ0n) is 11.7. The maximum Gasteiger partial charge on any atom is 0.0412 e. The number of likely N-dealkylation sites (tertiary alicyclic amines) is 1. The molecule has 1 N–H and O–H groups in total. The summed E-state index contributed by atoms with van der Waals surface area (Å²) in [7, 11) is 0. The van der Waals surface area contributed by atoms with Crippen LogP contribution in [0, 0.1) is 5.92 Å². The van der Waals surface area contributed by atoms with Gasteiger partial charge in [-0.25, -0.2) is 0 Å². The Labute approximate surface area is 115 Å². The predicted molar refractivity (Wildman–Crippen MR) is 80.2 cm³/mol. The Balaban J connectivity index is 1.74. The molecule has 102 valence electrons. The zero-order chi connectivity index (χ0) is 12.8. The molecule has 0 bridgehead atoms. The highest BCUT2D eigenvalue weighted by molar-refractivity contribution is 7.10. The highest BCUT2D eigenvalue weighted by Gasteiger charge is 2.19. The summed E-state index contributed by atoms with van der Waals surface area (Å²) in [5, 5.41) is 5.95. The Morgan fingerprint density at radius 2 is 2.17 bits per heavy atom. The maximum absolute atomic E-state index is 3.77. The molecule has 2 rings (SSSR count). The van der Waals surface area contributed by atoms with E-state index < -0.39 is 0 Å². The Kier molecular flexibility index (Phi) is 5.67. The van der Waals surface area contributed by atoms with Gasteiger partial charge in [-0.2, -0.15) is 0 Å². The highest BCUT2D eigenvalue weighted by Crippen LogP contribution is 2.23. The third-order valence-electron chi connectivity index (χ3n) is 4.10. The second-order valence-corrected chi connectivity index (χ2v) is 6.24. The number of hydrogen-bond donors (Lipinski definition) is 1. The van der Waals surface area contributed by atoms with Gasteiger partial charge in [0, 0.05) is 10.9 Å². The van der Waals surface area contributed by atoms with Gasteiger partial charge in [0.1, 0.15) is 0 Å². The number of piperidine rings is 1. The van der Waals surface area contributed by atoms with Crippen molar-refractivity contribution in [3.8, 4) is 0 Å². The Hall–Kier alpha value is -0.380. The van der Waals surface area contributed by atoms with Crippen molar-refractivity contribution in [1.29, 1.82) is 0 Å². The molecule has 1 aliphatic heterocycles. The fourth-order valence-electron chi connectivity index (χ4n) is 2.75. The molecule has 0 aromatic carbocycles. The molecule has 0 amide bonds. The minimum atomic E-state index is 0.564. The molecule has 0 radical (unpaired) electrons. The van der Waals surface area contributed by atoms with Gasteiger partial charge in [0.15, 0.2) is 0 Å². The molecule has 1 aliphatic rings. The molecule has 0 spiro atoms. The Morgan fingerprint density at radius 3 is 2.72 bits per heavy atom. The van der Waals surface area contributed by atoms with Gasteiger partial charge >= 0.3 is 0 Å². The van der Waals surface area contributed by atoms with Crippen molar-refractivity contribution in [3.05, 3.63) is 22.4 Å². The molecule has 1 atom stereocenters. The van der Waals surface area contributed by atoms with E-state index in [4.69, 9.17) is 0 Å². The zero-order valence-corrected chi connectivity index (χ0v) is 12.5. The monoisotopic (exact) mass is 266 g/mol. The molecule has 1 aromatic heterocycles. The largest absolute Gasteiger partial charge is 0.309 e. The van der Waals surface area contributed by atoms with Crippen LogP contribution < -0.4 is 5.32 Å². The standard InChI is InChI=1S/C15H26N2S/c1-3-14(15-6-5-11-18-15)16-12-13-7-9-17(4-2)10-8-13/h5-6,11,13-14,16H,3-4,7-10,12H2,1-2H3. The highest BCUT2D eigenvalue weighted by atomic mass is 32.1. The molecule has 1 fully saturated rings. The van der Waals surface area contributed by atoms with Crippen molar-refractivity contribution < 1.29 is 0 Å². The lowest BCUT2D eigenvalue weighted by Crippen LogP contribution is -2.37. The van der Waals surface area contributed by atoms with Crippen molar-refractivity contribution in [3.63, 3.8) is 0 Å². The van der Waals surface area contributed by atoms with Crippen LogP contribution >= 0.6 is 11.3 Å². The van der Waals surface area contributed by atoms with Gasteiger partial charge in [-0.1, -0.05) is 19.9 Å². The Bertz CT molecular complexity index is 315. The fraction of sp³-hybridized carbons (Fsp3) is 0.733. The van der Waals surface area contributed by atoms with Crippen LogP contribution in [0.2, 0.25) is 0 Å². The normalized spacial score (nSPS) is 20.1. The lowest BCUT2D eigenvalue weighted by Gasteiger charge is -2.32. The fourth-order valence-corrected chi connectivity index (χ4v) is 3.64. The third kappa shape index (κ3) is 3.81. The van der Waals surface area contributed by atoms with E-state index in [0.717, 1.165) is 5.92 Å². The van der Waals surface area contributed by atoms with Crippen LogP contribution in [-0.4, -0.2) is 31.1 Å². The Morgan fingerprint density at radius 1 is 1.39 bits per heavy atom. The van der Waals surface area contributed by atoms with E-state index in [-0.39, 0.29) is 0 Å². The van der Waals surface area contributed by atoms with Crippen LogP contribution in [0.15, 0.2) is 17.5 Å². The molecular weight excluding hydrogens is 240 g/mol. The number of nitrogens with one attached hydrogen (secondary N) is 1. The smallest absolute Gasteiger partial charge is 0.0412 e. The number of nitrogens with zero attached hydrogens (tertiary/aromatic N) is 1. The topological polar surface area (TPSA) is 15.3 Å². The van der Waals surface area contributed by atoms with E-state index in [1.807, 2.05) is 11.3 Å². The first-order valence-electron chi connectivity index (χ1n) is 7.32. The molecule has 18 heavy (non-hydrogen) atoms. The van der Waals surface area contributed by atoms with Gasteiger partial charge in [-0.15, -0.1) is 11.3 Å². The molecule has 0 saturated carbocycles. The summed E-state index contributed by atoms with van der Waals surface area (Å²) in [5.41, 5.74) is 0. The molecular formula is C15H26N2S. The van der Waals surface area contributed by atoms with Crippen molar-refractivity contribution in [1.82, 2.24) is 10.2 Å². The predicted octanol–water partition coefficient (Wildman–Crippen LogP) is 3.52. The van der Waals surface area contributed by atoms with E-state index in [9.17, 15) is 0 Å². The van der Waals surface area contributed by atoms with Gasteiger partial charge in [0.2, 0.25) is 0 Å². The summed E-state index contributed by atoms with van der Waals surface area (Å²) in [6, 6.07) is 4.98. The van der Waals surface area contributed by atoms with Crippen LogP contribution in [0.5, 0.6) is 0 Å². The summed E-state index contributed by atoms with van der Waals surface area (Å²) in [6.07, 6.45) is 3.91. The molecule has 0 aliphatic carbocycles. The summed E-state index contributed by atoms with van der Waals surface area (Å²) >= 11 is 1.88. The van der Waals surface area contributed by atoms with Gasteiger partial charge in [0.05, 0.1) is 0 Å². The molecule has 1 saturated heterocycles. The van der Waals surface area contributed by atoms with Gasteiger partial charge in [-0.05, 0) is 62.8 Å². The molecule has 1 aromatic rings. The van der Waals surface area contributed by atoms with Gasteiger partial charge in [0.25, 0.3) is 0 Å². The number of rotatable bonds is 6. The van der Waals surface area contributed by atoms with E-state index in [1.165, 1.54) is 50.3 Å². The molecule has 2 nitrogen and oxygen atoms in total. The average molecular weight is 266 g/mol. The van der Waals surface area contributed by atoms with Crippen molar-refractivity contribution in [2.24, 2.45) is 5.92 Å². The van der Waals surface area contributed by atoms with E-state index >= 15 is 0 Å². The first-order valence-corrected chi connectivity index (χ1v) is 8.20. The molecule has 1 unspecified atom stereocenters. The van der Waals surface area contributed by atoms with Crippen LogP contribution in [-0.2, 0) is 0 Å². The van der Waals surface area contributed by atoms with Crippen molar-refractivity contribution in [2.75, 3.05) is 26.2 Å². The molecule has 3 heteroatoms. The number of hydrogen-bond acceptors (Lipinski definition) is 3. The van der Waals surface area contributed by atoms with Crippen LogP contribution in [0.4, 0.5) is 0 Å². The van der Waals surface area contributed by atoms with E-state index in [2.05, 4.69) is 41.6 Å². The van der Waals surface area contributed by atoms with Crippen LogP contribution in [0.25, 0.3) is 0 Å². The summed E-state index contributed by atoms with van der Waals surface area (Å²) in [5.74, 6) is 0.877. The van der Waals surface area contributed by atoms with Crippen molar-refractivity contribution >= 4 is 11.3 Å². The van der Waals surface area contributed by atoms with Crippen LogP contribution in [0.3, 0.4) is 0 Å². The maximum atomic E-state index is 3.77.